The van der Waals surface area contributed by atoms with E-state index in [1.165, 1.54) is 6.42 Å². The number of hydrogen-bond acceptors (Lipinski definition) is 5. The third kappa shape index (κ3) is 6.02. The standard InChI is InChI=1S/C16H28N2O2S/c1-16(2,3)17-9-15-18-12(11-21-15)10-20-14-7-5-6-13(8-14)19-4/h11,13-14,17H,5-10H2,1-4H3. The molecule has 0 aliphatic heterocycles. The number of rotatable bonds is 6. The van der Waals surface area contributed by atoms with E-state index >= 15 is 0 Å². The van der Waals surface area contributed by atoms with Gasteiger partial charge < -0.3 is 14.8 Å². The molecule has 5 heteroatoms. The second-order valence-corrected chi connectivity index (χ2v) is 7.74. The zero-order valence-corrected chi connectivity index (χ0v) is 14.5. The van der Waals surface area contributed by atoms with Gasteiger partial charge >= 0.3 is 0 Å². The fourth-order valence-corrected chi connectivity index (χ4v) is 3.23. The number of hydrogen-bond donors (Lipinski definition) is 1. The maximum Gasteiger partial charge on any atom is 0.107 e. The van der Waals surface area contributed by atoms with E-state index in [1.807, 2.05) is 0 Å². The summed E-state index contributed by atoms with van der Waals surface area (Å²) in [6.07, 6.45) is 5.20. The minimum atomic E-state index is 0.125. The van der Waals surface area contributed by atoms with Gasteiger partial charge in [-0.05, 0) is 46.5 Å². The SMILES string of the molecule is COC1CCCC(OCc2csc(CNC(C)(C)C)n2)C1. The monoisotopic (exact) mass is 312 g/mol. The molecular weight excluding hydrogens is 284 g/mol. The fourth-order valence-electron chi connectivity index (χ4n) is 2.51. The molecule has 1 heterocycles. The number of methoxy groups -OCH3 is 1. The third-order valence-electron chi connectivity index (χ3n) is 3.75. The van der Waals surface area contributed by atoms with Crippen molar-refractivity contribution in [2.24, 2.45) is 0 Å². The van der Waals surface area contributed by atoms with Crippen LogP contribution in [0.4, 0.5) is 0 Å². The average molecular weight is 312 g/mol. The summed E-state index contributed by atoms with van der Waals surface area (Å²) in [5.41, 5.74) is 1.17. The number of nitrogens with one attached hydrogen (secondary N) is 1. The Morgan fingerprint density at radius 2 is 2.10 bits per heavy atom. The number of ether oxygens (including phenoxy) is 2. The molecular formula is C16H28N2O2S. The van der Waals surface area contributed by atoms with E-state index in [2.05, 4.69) is 36.5 Å². The molecule has 1 N–H and O–H groups in total. The first-order valence-electron chi connectivity index (χ1n) is 7.79. The molecule has 120 valence electrons. The van der Waals surface area contributed by atoms with Gasteiger partial charge in [0.05, 0.1) is 24.5 Å². The summed E-state index contributed by atoms with van der Waals surface area (Å²) in [7, 11) is 1.79. The minimum Gasteiger partial charge on any atom is -0.381 e. The predicted octanol–water partition coefficient (Wildman–Crippen LogP) is 3.51. The highest BCUT2D eigenvalue weighted by Gasteiger charge is 2.22. The summed E-state index contributed by atoms with van der Waals surface area (Å²) in [5, 5.41) is 6.70. The Kier molecular flexibility index (Phi) is 6.17. The van der Waals surface area contributed by atoms with Gasteiger partial charge in [0, 0.05) is 24.6 Å². The fraction of sp³-hybridized carbons (Fsp3) is 0.812. The van der Waals surface area contributed by atoms with E-state index in [0.29, 0.717) is 18.8 Å². The second-order valence-electron chi connectivity index (χ2n) is 6.79. The highest BCUT2D eigenvalue weighted by molar-refractivity contribution is 7.09. The molecule has 2 rings (SSSR count). The number of thiazole rings is 1. The van der Waals surface area contributed by atoms with E-state index in [1.54, 1.807) is 18.4 Å². The van der Waals surface area contributed by atoms with Crippen LogP contribution in [0.1, 0.15) is 57.2 Å². The Hall–Kier alpha value is -0.490. The zero-order valence-electron chi connectivity index (χ0n) is 13.6. The molecule has 0 saturated heterocycles. The van der Waals surface area contributed by atoms with E-state index < -0.39 is 0 Å². The molecule has 0 amide bonds. The van der Waals surface area contributed by atoms with Crippen molar-refractivity contribution in [1.82, 2.24) is 10.3 Å². The molecule has 2 unspecified atom stereocenters. The maximum absolute atomic E-state index is 6.00. The molecule has 0 spiro atoms. The van der Waals surface area contributed by atoms with Gasteiger partial charge in [0.15, 0.2) is 0 Å². The highest BCUT2D eigenvalue weighted by atomic mass is 32.1. The number of aromatic nitrogens is 1. The summed E-state index contributed by atoms with van der Waals surface area (Å²) in [5.74, 6) is 0. The maximum atomic E-state index is 6.00. The van der Waals surface area contributed by atoms with E-state index in [4.69, 9.17) is 9.47 Å². The Balaban J connectivity index is 1.75. The Labute approximate surface area is 132 Å². The van der Waals surface area contributed by atoms with Crippen LogP contribution in [0.2, 0.25) is 0 Å². The van der Waals surface area contributed by atoms with Crippen molar-refractivity contribution >= 4 is 11.3 Å². The lowest BCUT2D eigenvalue weighted by atomic mass is 9.95. The lowest BCUT2D eigenvalue weighted by Crippen LogP contribution is -2.35. The Morgan fingerprint density at radius 1 is 1.33 bits per heavy atom. The molecule has 1 fully saturated rings. The molecule has 2 atom stereocenters. The van der Waals surface area contributed by atoms with Crippen LogP contribution >= 0.6 is 11.3 Å². The summed E-state index contributed by atoms with van der Waals surface area (Å²) in [4.78, 5) is 4.64. The van der Waals surface area contributed by atoms with Crippen LogP contribution in [-0.4, -0.2) is 29.8 Å². The molecule has 0 bridgehead atoms. The number of nitrogens with zero attached hydrogens (tertiary/aromatic N) is 1. The van der Waals surface area contributed by atoms with Crippen molar-refractivity contribution in [3.63, 3.8) is 0 Å². The summed E-state index contributed by atoms with van der Waals surface area (Å²) >= 11 is 1.70. The van der Waals surface area contributed by atoms with Gasteiger partial charge in [0.25, 0.3) is 0 Å². The van der Waals surface area contributed by atoms with Gasteiger partial charge in [-0.1, -0.05) is 0 Å². The summed E-state index contributed by atoms with van der Waals surface area (Å²) in [6.45, 7) is 7.94. The van der Waals surface area contributed by atoms with Gasteiger partial charge in [-0.3, -0.25) is 0 Å². The second kappa shape index (κ2) is 7.68. The lowest BCUT2D eigenvalue weighted by molar-refractivity contribution is -0.0371. The van der Waals surface area contributed by atoms with Crippen molar-refractivity contribution in [2.45, 2.75) is 77.4 Å². The predicted molar refractivity (Wildman–Crippen MR) is 86.5 cm³/mol. The van der Waals surface area contributed by atoms with Gasteiger partial charge in [-0.2, -0.15) is 0 Å². The van der Waals surface area contributed by atoms with Gasteiger partial charge in [-0.25, -0.2) is 4.98 Å². The molecule has 1 saturated carbocycles. The van der Waals surface area contributed by atoms with Crippen LogP contribution in [0.25, 0.3) is 0 Å². The molecule has 1 aliphatic carbocycles. The largest absolute Gasteiger partial charge is 0.381 e. The average Bonchev–Trinajstić information content (AvgIpc) is 2.90. The van der Waals surface area contributed by atoms with Crippen LogP contribution < -0.4 is 5.32 Å². The van der Waals surface area contributed by atoms with E-state index in [-0.39, 0.29) is 5.54 Å². The van der Waals surface area contributed by atoms with Crippen molar-refractivity contribution in [3.8, 4) is 0 Å². The molecule has 1 aromatic rings. The van der Waals surface area contributed by atoms with Crippen molar-refractivity contribution in [3.05, 3.63) is 16.1 Å². The third-order valence-corrected chi connectivity index (χ3v) is 4.65. The smallest absolute Gasteiger partial charge is 0.107 e. The highest BCUT2D eigenvalue weighted by Crippen LogP contribution is 2.24. The van der Waals surface area contributed by atoms with E-state index in [9.17, 15) is 0 Å². The van der Waals surface area contributed by atoms with Crippen molar-refractivity contribution < 1.29 is 9.47 Å². The topological polar surface area (TPSA) is 43.4 Å². The summed E-state index contributed by atoms with van der Waals surface area (Å²) in [6, 6.07) is 0. The Bertz CT molecular complexity index is 428. The lowest BCUT2D eigenvalue weighted by Gasteiger charge is -2.27. The molecule has 1 aliphatic rings. The molecule has 4 nitrogen and oxygen atoms in total. The van der Waals surface area contributed by atoms with Crippen LogP contribution in [0.5, 0.6) is 0 Å². The summed E-state index contributed by atoms with van der Waals surface area (Å²) < 4.78 is 11.4. The van der Waals surface area contributed by atoms with Crippen molar-refractivity contribution in [1.29, 1.82) is 0 Å². The van der Waals surface area contributed by atoms with Crippen molar-refractivity contribution in [2.75, 3.05) is 7.11 Å². The van der Waals surface area contributed by atoms with Gasteiger partial charge in [0.1, 0.15) is 5.01 Å². The first-order chi connectivity index (χ1) is 9.96. The first kappa shape index (κ1) is 16.9. The zero-order chi connectivity index (χ0) is 15.3. The van der Waals surface area contributed by atoms with Gasteiger partial charge in [-0.15, -0.1) is 11.3 Å². The minimum absolute atomic E-state index is 0.125. The van der Waals surface area contributed by atoms with Gasteiger partial charge in [0.2, 0.25) is 0 Å². The van der Waals surface area contributed by atoms with Crippen LogP contribution in [0.3, 0.4) is 0 Å². The normalized spacial score (nSPS) is 23.4. The molecule has 0 aromatic carbocycles. The van der Waals surface area contributed by atoms with E-state index in [0.717, 1.165) is 36.5 Å². The Morgan fingerprint density at radius 3 is 2.81 bits per heavy atom. The molecule has 0 radical (unpaired) electrons. The quantitative estimate of drug-likeness (QED) is 0.873. The van der Waals surface area contributed by atoms with Crippen LogP contribution in [-0.2, 0) is 22.6 Å². The van der Waals surface area contributed by atoms with Crippen LogP contribution in [0, 0.1) is 0 Å². The van der Waals surface area contributed by atoms with Crippen LogP contribution in [0.15, 0.2) is 5.38 Å². The molecule has 1 aromatic heterocycles. The first-order valence-corrected chi connectivity index (χ1v) is 8.67. The molecule has 21 heavy (non-hydrogen) atoms.